The van der Waals surface area contributed by atoms with Gasteiger partial charge in [-0.25, -0.2) is 4.68 Å². The molecule has 0 bridgehead atoms. The summed E-state index contributed by atoms with van der Waals surface area (Å²) in [6, 6.07) is 8.15. The van der Waals surface area contributed by atoms with E-state index in [2.05, 4.69) is 25.9 Å². The van der Waals surface area contributed by atoms with Gasteiger partial charge < -0.3 is 10.0 Å². The van der Waals surface area contributed by atoms with Crippen molar-refractivity contribution in [3.63, 3.8) is 0 Å². The lowest BCUT2D eigenvalue weighted by Gasteiger charge is -2.32. The number of carbonyl (C=O) groups excluding carboxylic acids is 1. The molecule has 2 aromatic rings. The van der Waals surface area contributed by atoms with Crippen molar-refractivity contribution in [3.05, 3.63) is 46.8 Å². The highest BCUT2D eigenvalue weighted by Gasteiger charge is 2.37. The van der Waals surface area contributed by atoms with E-state index in [1.54, 1.807) is 0 Å². The smallest absolute Gasteiger partial charge is 0.303 e. The molecule has 6 heteroatoms. The summed E-state index contributed by atoms with van der Waals surface area (Å²) in [5.74, 6) is -0.302. The third-order valence-corrected chi connectivity index (χ3v) is 5.97. The Labute approximate surface area is 172 Å². The van der Waals surface area contributed by atoms with Gasteiger partial charge >= 0.3 is 5.97 Å². The molecule has 3 rings (SSSR count). The molecule has 1 unspecified atom stereocenters. The molecule has 0 aliphatic heterocycles. The van der Waals surface area contributed by atoms with Crippen LogP contribution < -0.4 is 0 Å². The average molecular weight is 398 g/mol. The zero-order chi connectivity index (χ0) is 21.3. The second-order valence-electron chi connectivity index (χ2n) is 8.43. The van der Waals surface area contributed by atoms with Crippen molar-refractivity contribution >= 4 is 11.9 Å². The number of carboxylic acids is 1. The first-order valence-electron chi connectivity index (χ1n) is 10.4. The first-order valence-corrected chi connectivity index (χ1v) is 10.4. The molecule has 1 saturated carbocycles. The van der Waals surface area contributed by atoms with Crippen LogP contribution in [-0.4, -0.2) is 43.7 Å². The molecule has 1 aliphatic rings. The van der Waals surface area contributed by atoms with Crippen LogP contribution in [0.5, 0.6) is 0 Å². The van der Waals surface area contributed by atoms with Crippen LogP contribution in [0.1, 0.15) is 67.3 Å². The Bertz CT molecular complexity index is 895. The van der Waals surface area contributed by atoms with E-state index in [1.165, 1.54) is 0 Å². The van der Waals surface area contributed by atoms with Crippen LogP contribution in [0.4, 0.5) is 0 Å². The molecule has 0 radical (unpaired) electrons. The maximum absolute atomic E-state index is 13.1. The van der Waals surface area contributed by atoms with Gasteiger partial charge in [0.15, 0.2) is 0 Å². The van der Waals surface area contributed by atoms with Crippen molar-refractivity contribution in [2.24, 2.45) is 5.92 Å². The summed E-state index contributed by atoms with van der Waals surface area (Å²) in [5, 5.41) is 13.5. The lowest BCUT2D eigenvalue weighted by Crippen LogP contribution is -2.43. The number of benzene rings is 1. The molecule has 1 fully saturated rings. The van der Waals surface area contributed by atoms with Gasteiger partial charge in [0.2, 0.25) is 0 Å². The fraction of sp³-hybridized carbons (Fsp3) is 0.522. The quantitative estimate of drug-likeness (QED) is 0.726. The molecule has 1 N–H and O–H groups in total. The molecule has 1 atom stereocenters. The zero-order valence-corrected chi connectivity index (χ0v) is 18.0. The SMILES string of the molecule is Cc1nn(-c2ccc(C(=O)N(C3CC3)C(C)C(C)C)cc2)c(C)c1CCC(=O)O. The summed E-state index contributed by atoms with van der Waals surface area (Å²) in [6.45, 7) is 10.3. The summed E-state index contributed by atoms with van der Waals surface area (Å²) in [5.41, 5.74) is 4.32. The second-order valence-corrected chi connectivity index (χ2v) is 8.43. The molecule has 0 saturated heterocycles. The molecular weight excluding hydrogens is 366 g/mol. The maximum Gasteiger partial charge on any atom is 0.303 e. The van der Waals surface area contributed by atoms with Gasteiger partial charge in [-0.3, -0.25) is 9.59 Å². The molecule has 1 aromatic heterocycles. The van der Waals surface area contributed by atoms with E-state index in [0.29, 0.717) is 23.9 Å². The van der Waals surface area contributed by atoms with E-state index < -0.39 is 5.97 Å². The third-order valence-electron chi connectivity index (χ3n) is 5.97. The fourth-order valence-electron chi connectivity index (χ4n) is 3.77. The van der Waals surface area contributed by atoms with Crippen LogP contribution in [0.3, 0.4) is 0 Å². The first kappa shape index (κ1) is 21.1. The van der Waals surface area contributed by atoms with Crippen molar-refractivity contribution in [2.45, 2.75) is 72.4 Å². The van der Waals surface area contributed by atoms with Gasteiger partial charge in [0.1, 0.15) is 0 Å². The topological polar surface area (TPSA) is 75.4 Å². The van der Waals surface area contributed by atoms with Gasteiger partial charge in [-0.15, -0.1) is 0 Å². The summed E-state index contributed by atoms with van der Waals surface area (Å²) in [6.07, 6.45) is 2.73. The average Bonchev–Trinajstić information content (AvgIpc) is 3.46. The number of aryl methyl sites for hydroxylation is 1. The Hall–Kier alpha value is -2.63. The van der Waals surface area contributed by atoms with E-state index in [1.807, 2.05) is 47.7 Å². The van der Waals surface area contributed by atoms with Crippen LogP contribution in [0.15, 0.2) is 24.3 Å². The summed E-state index contributed by atoms with van der Waals surface area (Å²) in [7, 11) is 0. The molecule has 1 aromatic carbocycles. The predicted octanol–water partition coefficient (Wildman–Crippen LogP) is 4.16. The Morgan fingerprint density at radius 1 is 1.17 bits per heavy atom. The monoisotopic (exact) mass is 397 g/mol. The van der Waals surface area contributed by atoms with Crippen molar-refractivity contribution < 1.29 is 14.7 Å². The Kier molecular flexibility index (Phi) is 6.10. The van der Waals surface area contributed by atoms with E-state index in [9.17, 15) is 9.59 Å². The lowest BCUT2D eigenvalue weighted by atomic mass is 10.0. The number of carbonyl (C=O) groups is 2. The van der Waals surface area contributed by atoms with Crippen LogP contribution >= 0.6 is 0 Å². The van der Waals surface area contributed by atoms with Crippen LogP contribution in [0, 0.1) is 19.8 Å². The largest absolute Gasteiger partial charge is 0.481 e. The lowest BCUT2D eigenvalue weighted by molar-refractivity contribution is -0.136. The standard InChI is InChI=1S/C23H31N3O3/c1-14(2)16(4)25(19-10-11-19)23(29)18-6-8-20(9-7-18)26-17(5)21(15(3)24-26)12-13-22(27)28/h6-9,14,16,19H,10-13H2,1-5H3,(H,27,28). The normalized spacial score (nSPS) is 14.8. The number of hydrogen-bond acceptors (Lipinski definition) is 3. The Balaban J connectivity index is 1.82. The maximum atomic E-state index is 13.1. The van der Waals surface area contributed by atoms with E-state index in [4.69, 9.17) is 5.11 Å². The minimum Gasteiger partial charge on any atom is -0.481 e. The molecule has 1 heterocycles. The Morgan fingerprint density at radius 2 is 1.79 bits per heavy atom. The first-order chi connectivity index (χ1) is 13.7. The molecule has 6 nitrogen and oxygen atoms in total. The van der Waals surface area contributed by atoms with Gasteiger partial charge in [-0.1, -0.05) is 13.8 Å². The highest BCUT2D eigenvalue weighted by molar-refractivity contribution is 5.95. The number of aliphatic carboxylic acids is 1. The zero-order valence-electron chi connectivity index (χ0n) is 18.0. The van der Waals surface area contributed by atoms with E-state index >= 15 is 0 Å². The molecule has 1 aliphatic carbocycles. The molecule has 1 amide bonds. The van der Waals surface area contributed by atoms with E-state index in [0.717, 1.165) is 35.5 Å². The number of aromatic nitrogens is 2. The number of rotatable bonds is 8. The van der Waals surface area contributed by atoms with Gasteiger partial charge in [-0.2, -0.15) is 5.10 Å². The molecule has 0 spiro atoms. The molecule has 29 heavy (non-hydrogen) atoms. The van der Waals surface area contributed by atoms with Gasteiger partial charge in [-0.05, 0) is 75.8 Å². The van der Waals surface area contributed by atoms with Crippen LogP contribution in [0.2, 0.25) is 0 Å². The highest BCUT2D eigenvalue weighted by atomic mass is 16.4. The van der Waals surface area contributed by atoms with Crippen molar-refractivity contribution in [2.75, 3.05) is 0 Å². The highest BCUT2D eigenvalue weighted by Crippen LogP contribution is 2.32. The van der Waals surface area contributed by atoms with Crippen molar-refractivity contribution in [1.82, 2.24) is 14.7 Å². The number of amides is 1. The number of nitrogens with zero attached hydrogens (tertiary/aromatic N) is 3. The Morgan fingerprint density at radius 3 is 2.31 bits per heavy atom. The van der Waals surface area contributed by atoms with Crippen molar-refractivity contribution in [1.29, 1.82) is 0 Å². The summed E-state index contributed by atoms with van der Waals surface area (Å²) in [4.78, 5) is 26.1. The number of hydrogen-bond donors (Lipinski definition) is 1. The second kappa shape index (κ2) is 8.39. The molecular formula is C23H31N3O3. The van der Waals surface area contributed by atoms with Crippen LogP contribution in [-0.2, 0) is 11.2 Å². The number of carboxylic acid groups (broad SMARTS) is 1. The fourth-order valence-corrected chi connectivity index (χ4v) is 3.77. The van der Waals surface area contributed by atoms with E-state index in [-0.39, 0.29) is 18.4 Å². The van der Waals surface area contributed by atoms with Gasteiger partial charge in [0.05, 0.1) is 11.4 Å². The minimum atomic E-state index is -0.810. The van der Waals surface area contributed by atoms with Gasteiger partial charge in [0.25, 0.3) is 5.91 Å². The third kappa shape index (κ3) is 4.52. The minimum absolute atomic E-state index is 0.0891. The summed E-state index contributed by atoms with van der Waals surface area (Å²) >= 11 is 0. The van der Waals surface area contributed by atoms with Crippen molar-refractivity contribution in [3.8, 4) is 5.69 Å². The van der Waals surface area contributed by atoms with Crippen LogP contribution in [0.25, 0.3) is 5.69 Å². The molecule has 156 valence electrons. The predicted molar refractivity (Wildman–Crippen MR) is 112 cm³/mol. The van der Waals surface area contributed by atoms with Gasteiger partial charge in [0, 0.05) is 29.8 Å². The summed E-state index contributed by atoms with van der Waals surface area (Å²) < 4.78 is 1.83.